The molecule has 0 saturated carbocycles. The molecule has 1 aromatic rings. The molecule has 0 spiro atoms. The van der Waals surface area contributed by atoms with E-state index in [2.05, 4.69) is 4.98 Å². The predicted octanol–water partition coefficient (Wildman–Crippen LogP) is 1.24. The third-order valence-electron chi connectivity index (χ3n) is 1.28. The average molecular weight is 140 g/mol. The Kier molecular flexibility index (Phi) is 1.97. The molecule has 0 aliphatic heterocycles. The highest BCUT2D eigenvalue weighted by Gasteiger charge is 1.98. The first-order valence-corrected chi connectivity index (χ1v) is 3.07. The van der Waals surface area contributed by atoms with Gasteiger partial charge >= 0.3 is 0 Å². The molecule has 0 aliphatic carbocycles. The lowest BCUT2D eigenvalue weighted by molar-refractivity contribution is 0.580. The molecule has 10 heavy (non-hydrogen) atoms. The van der Waals surface area contributed by atoms with Gasteiger partial charge in [0, 0.05) is 12.2 Å². The van der Waals surface area contributed by atoms with E-state index >= 15 is 0 Å². The highest BCUT2D eigenvalue weighted by molar-refractivity contribution is 5.12. The SMILES string of the molecule is CC(N)c1ccc(F)nc1. The summed E-state index contributed by atoms with van der Waals surface area (Å²) in [5.74, 6) is -0.468. The van der Waals surface area contributed by atoms with Crippen LogP contribution in [0.15, 0.2) is 18.3 Å². The second-order valence-electron chi connectivity index (χ2n) is 2.20. The molecule has 0 fully saturated rings. The number of halogens is 1. The van der Waals surface area contributed by atoms with Crippen LogP contribution in [0, 0.1) is 5.95 Å². The lowest BCUT2D eigenvalue weighted by atomic mass is 10.2. The monoisotopic (exact) mass is 140 g/mol. The first kappa shape index (κ1) is 7.15. The number of rotatable bonds is 1. The predicted molar refractivity (Wildman–Crippen MR) is 36.8 cm³/mol. The summed E-state index contributed by atoms with van der Waals surface area (Å²) in [6.07, 6.45) is 1.44. The van der Waals surface area contributed by atoms with Gasteiger partial charge in [-0.25, -0.2) is 4.98 Å². The molecule has 1 atom stereocenters. The molecule has 0 radical (unpaired) electrons. The minimum absolute atomic E-state index is 0.0758. The number of pyridine rings is 1. The maximum Gasteiger partial charge on any atom is 0.212 e. The standard InChI is InChI=1S/C7H9FN2/c1-5(9)6-2-3-7(8)10-4-6/h2-5H,9H2,1H3. The number of hydrogen-bond acceptors (Lipinski definition) is 2. The van der Waals surface area contributed by atoms with Crippen molar-refractivity contribution in [3.05, 3.63) is 29.8 Å². The summed E-state index contributed by atoms with van der Waals surface area (Å²) in [6.45, 7) is 1.83. The smallest absolute Gasteiger partial charge is 0.212 e. The maximum atomic E-state index is 12.2. The Bertz CT molecular complexity index is 205. The van der Waals surface area contributed by atoms with Gasteiger partial charge in [0.15, 0.2) is 0 Å². The van der Waals surface area contributed by atoms with Crippen molar-refractivity contribution < 1.29 is 4.39 Å². The second-order valence-corrected chi connectivity index (χ2v) is 2.20. The van der Waals surface area contributed by atoms with Crippen molar-refractivity contribution in [2.24, 2.45) is 5.73 Å². The van der Waals surface area contributed by atoms with Gasteiger partial charge in [-0.1, -0.05) is 6.07 Å². The van der Waals surface area contributed by atoms with Crippen molar-refractivity contribution in [1.29, 1.82) is 0 Å². The lowest BCUT2D eigenvalue weighted by Gasteiger charge is -2.02. The molecule has 1 unspecified atom stereocenters. The molecular weight excluding hydrogens is 131 g/mol. The molecule has 1 rings (SSSR count). The molecular formula is C7H9FN2. The fourth-order valence-electron chi connectivity index (χ4n) is 0.657. The van der Waals surface area contributed by atoms with Gasteiger partial charge < -0.3 is 5.73 Å². The van der Waals surface area contributed by atoms with E-state index in [0.717, 1.165) is 5.56 Å². The zero-order valence-corrected chi connectivity index (χ0v) is 5.71. The molecule has 0 aliphatic rings. The summed E-state index contributed by atoms with van der Waals surface area (Å²) in [5.41, 5.74) is 6.35. The van der Waals surface area contributed by atoms with Gasteiger partial charge in [-0.15, -0.1) is 0 Å². The maximum absolute atomic E-state index is 12.2. The normalized spacial score (nSPS) is 13.1. The van der Waals surface area contributed by atoms with E-state index in [1.165, 1.54) is 12.3 Å². The zero-order chi connectivity index (χ0) is 7.56. The van der Waals surface area contributed by atoms with Crippen LogP contribution in [0.5, 0.6) is 0 Å². The Labute approximate surface area is 58.9 Å². The number of aromatic nitrogens is 1. The lowest BCUT2D eigenvalue weighted by Crippen LogP contribution is -2.05. The second kappa shape index (κ2) is 2.75. The van der Waals surface area contributed by atoms with Crippen LogP contribution in [0.4, 0.5) is 4.39 Å². The minimum Gasteiger partial charge on any atom is -0.324 e. The van der Waals surface area contributed by atoms with E-state index < -0.39 is 5.95 Å². The molecule has 2 nitrogen and oxygen atoms in total. The van der Waals surface area contributed by atoms with E-state index in [4.69, 9.17) is 5.73 Å². The Hall–Kier alpha value is -0.960. The summed E-state index contributed by atoms with van der Waals surface area (Å²) in [6, 6.07) is 2.86. The van der Waals surface area contributed by atoms with Crippen LogP contribution in [-0.4, -0.2) is 4.98 Å². The molecule has 3 heteroatoms. The van der Waals surface area contributed by atoms with Crippen molar-refractivity contribution in [2.75, 3.05) is 0 Å². The van der Waals surface area contributed by atoms with E-state index in [1.54, 1.807) is 6.07 Å². The fourth-order valence-corrected chi connectivity index (χ4v) is 0.657. The Morgan fingerprint density at radius 2 is 2.30 bits per heavy atom. The first-order valence-electron chi connectivity index (χ1n) is 3.07. The van der Waals surface area contributed by atoms with Crippen molar-refractivity contribution in [3.8, 4) is 0 Å². The van der Waals surface area contributed by atoms with Crippen molar-refractivity contribution in [2.45, 2.75) is 13.0 Å². The average Bonchev–Trinajstić information content (AvgIpc) is 1.88. The Balaban J connectivity index is 2.89. The van der Waals surface area contributed by atoms with Crippen LogP contribution in [-0.2, 0) is 0 Å². The summed E-state index contributed by atoms with van der Waals surface area (Å²) >= 11 is 0. The number of nitrogens with zero attached hydrogens (tertiary/aromatic N) is 1. The highest BCUT2D eigenvalue weighted by Crippen LogP contribution is 2.06. The van der Waals surface area contributed by atoms with E-state index in [0.29, 0.717) is 0 Å². The highest BCUT2D eigenvalue weighted by atomic mass is 19.1. The van der Waals surface area contributed by atoms with Crippen LogP contribution in [0.25, 0.3) is 0 Å². The van der Waals surface area contributed by atoms with Crippen LogP contribution in [0.2, 0.25) is 0 Å². The number of nitrogens with two attached hydrogens (primary N) is 1. The summed E-state index contributed by atoms with van der Waals surface area (Å²) < 4.78 is 12.2. The van der Waals surface area contributed by atoms with Crippen LogP contribution >= 0.6 is 0 Å². The van der Waals surface area contributed by atoms with Crippen molar-refractivity contribution in [1.82, 2.24) is 4.98 Å². The third kappa shape index (κ3) is 1.51. The molecule has 54 valence electrons. The Morgan fingerprint density at radius 3 is 2.70 bits per heavy atom. The molecule has 1 aromatic heterocycles. The summed E-state index contributed by atoms with van der Waals surface area (Å²) in [7, 11) is 0. The summed E-state index contributed by atoms with van der Waals surface area (Å²) in [5, 5.41) is 0. The third-order valence-corrected chi connectivity index (χ3v) is 1.28. The molecule has 1 heterocycles. The Morgan fingerprint density at radius 1 is 1.60 bits per heavy atom. The molecule has 0 aromatic carbocycles. The molecule has 2 N–H and O–H groups in total. The van der Waals surface area contributed by atoms with Crippen LogP contribution in [0.1, 0.15) is 18.5 Å². The minimum atomic E-state index is -0.468. The van der Waals surface area contributed by atoms with E-state index in [-0.39, 0.29) is 6.04 Å². The van der Waals surface area contributed by atoms with Gasteiger partial charge in [-0.2, -0.15) is 4.39 Å². The van der Waals surface area contributed by atoms with Crippen molar-refractivity contribution >= 4 is 0 Å². The molecule has 0 bridgehead atoms. The van der Waals surface area contributed by atoms with E-state index in [1.807, 2.05) is 6.92 Å². The van der Waals surface area contributed by atoms with Gasteiger partial charge in [0.1, 0.15) is 0 Å². The van der Waals surface area contributed by atoms with Gasteiger partial charge in [-0.05, 0) is 18.6 Å². The topological polar surface area (TPSA) is 38.9 Å². The molecule has 0 saturated heterocycles. The quantitative estimate of drug-likeness (QED) is 0.596. The number of hydrogen-bond donors (Lipinski definition) is 1. The fraction of sp³-hybridized carbons (Fsp3) is 0.286. The van der Waals surface area contributed by atoms with E-state index in [9.17, 15) is 4.39 Å². The first-order chi connectivity index (χ1) is 4.70. The van der Waals surface area contributed by atoms with Crippen LogP contribution < -0.4 is 5.73 Å². The zero-order valence-electron chi connectivity index (χ0n) is 5.71. The molecule has 0 amide bonds. The van der Waals surface area contributed by atoms with Gasteiger partial charge in [-0.3, -0.25) is 0 Å². The largest absolute Gasteiger partial charge is 0.324 e. The summed E-state index contributed by atoms with van der Waals surface area (Å²) in [4.78, 5) is 3.45. The van der Waals surface area contributed by atoms with Crippen LogP contribution in [0.3, 0.4) is 0 Å². The van der Waals surface area contributed by atoms with Gasteiger partial charge in [0.2, 0.25) is 5.95 Å². The van der Waals surface area contributed by atoms with Gasteiger partial charge in [0.25, 0.3) is 0 Å². The van der Waals surface area contributed by atoms with Gasteiger partial charge in [0.05, 0.1) is 0 Å². The van der Waals surface area contributed by atoms with Crippen molar-refractivity contribution in [3.63, 3.8) is 0 Å².